The summed E-state index contributed by atoms with van der Waals surface area (Å²) in [6.45, 7) is 2.17. The zero-order valence-corrected chi connectivity index (χ0v) is 13.6. The number of alkyl halides is 1. The summed E-state index contributed by atoms with van der Waals surface area (Å²) >= 11 is 12.9. The number of hydrogen-bond donors (Lipinski definition) is 0. The lowest BCUT2D eigenvalue weighted by Crippen LogP contribution is -1.92. The fraction of sp³-hybridized carbons (Fsp3) is 0.368. The predicted molar refractivity (Wildman–Crippen MR) is 90.5 cm³/mol. The largest absolute Gasteiger partial charge is 0.118 e. The Morgan fingerprint density at radius 2 is 1.81 bits per heavy atom. The van der Waals surface area contributed by atoms with Crippen molar-refractivity contribution < 1.29 is 0 Å². The van der Waals surface area contributed by atoms with E-state index in [9.17, 15) is 0 Å². The van der Waals surface area contributed by atoms with E-state index >= 15 is 0 Å². The topological polar surface area (TPSA) is 0 Å². The summed E-state index contributed by atoms with van der Waals surface area (Å²) in [5.74, 6) is 0.699. The maximum Gasteiger partial charge on any atom is 0.0593 e. The quantitative estimate of drug-likeness (QED) is 0.561. The van der Waals surface area contributed by atoms with Crippen molar-refractivity contribution in [1.82, 2.24) is 0 Å². The van der Waals surface area contributed by atoms with Crippen molar-refractivity contribution in [2.75, 3.05) is 0 Å². The Balaban J connectivity index is 1.77. The molecule has 0 bridgehead atoms. The molecule has 1 saturated carbocycles. The molecule has 2 aliphatic rings. The van der Waals surface area contributed by atoms with E-state index in [0.717, 1.165) is 17.9 Å². The second-order valence-corrected chi connectivity index (χ2v) is 7.32. The predicted octanol–water partition coefficient (Wildman–Crippen LogP) is 6.42. The van der Waals surface area contributed by atoms with Gasteiger partial charge in [0.15, 0.2) is 0 Å². The summed E-state index contributed by atoms with van der Waals surface area (Å²) in [5.41, 5.74) is 7.87. The summed E-state index contributed by atoms with van der Waals surface area (Å²) in [6, 6.07) is 11.1. The van der Waals surface area contributed by atoms with Crippen LogP contribution in [-0.2, 0) is 6.42 Å². The van der Waals surface area contributed by atoms with Crippen molar-refractivity contribution in [3.05, 3.63) is 57.6 Å². The Kier molecular flexibility index (Phi) is 3.28. The molecule has 2 aliphatic carbocycles. The minimum absolute atomic E-state index is 0.190. The molecule has 1 atom stereocenters. The first-order chi connectivity index (χ1) is 10.1. The summed E-state index contributed by atoms with van der Waals surface area (Å²) in [4.78, 5) is 0. The number of fused-ring (bicyclic) bond motifs is 1. The molecule has 0 aliphatic heterocycles. The van der Waals surface area contributed by atoms with E-state index < -0.39 is 0 Å². The van der Waals surface area contributed by atoms with Crippen LogP contribution in [0.1, 0.15) is 52.8 Å². The zero-order valence-electron chi connectivity index (χ0n) is 12.1. The van der Waals surface area contributed by atoms with Crippen LogP contribution >= 0.6 is 23.2 Å². The SMILES string of the molecule is Cc1cc(-c2ccc(C3CC3)c(Cl)c2)cc2c1C(Cl)CC2. The van der Waals surface area contributed by atoms with Crippen molar-refractivity contribution in [3.63, 3.8) is 0 Å². The molecule has 0 spiro atoms. The maximum absolute atomic E-state index is 6.47. The van der Waals surface area contributed by atoms with Crippen molar-refractivity contribution in [3.8, 4) is 11.1 Å². The maximum atomic E-state index is 6.47. The van der Waals surface area contributed by atoms with Crippen LogP contribution in [0.5, 0.6) is 0 Å². The Morgan fingerprint density at radius 3 is 2.52 bits per heavy atom. The van der Waals surface area contributed by atoms with Crippen LogP contribution in [0.3, 0.4) is 0 Å². The third-order valence-corrected chi connectivity index (χ3v) is 5.57. The minimum Gasteiger partial charge on any atom is -0.118 e. The highest BCUT2D eigenvalue weighted by molar-refractivity contribution is 6.31. The highest BCUT2D eigenvalue weighted by Gasteiger charge is 2.26. The molecule has 108 valence electrons. The molecular weight excluding hydrogens is 299 g/mol. The van der Waals surface area contributed by atoms with Crippen LogP contribution in [0.25, 0.3) is 11.1 Å². The molecule has 2 heteroatoms. The molecule has 4 rings (SSSR count). The van der Waals surface area contributed by atoms with E-state index in [4.69, 9.17) is 23.2 Å². The third kappa shape index (κ3) is 2.39. The molecule has 0 saturated heterocycles. The monoisotopic (exact) mass is 316 g/mol. The van der Waals surface area contributed by atoms with Crippen LogP contribution in [0.2, 0.25) is 5.02 Å². The van der Waals surface area contributed by atoms with Crippen molar-refractivity contribution >= 4 is 23.2 Å². The summed E-state index contributed by atoms with van der Waals surface area (Å²) < 4.78 is 0. The van der Waals surface area contributed by atoms with E-state index in [2.05, 4.69) is 37.3 Å². The molecule has 0 amide bonds. The third-order valence-electron chi connectivity index (χ3n) is 4.80. The number of rotatable bonds is 2. The molecule has 2 aromatic carbocycles. The lowest BCUT2D eigenvalue weighted by molar-refractivity contribution is 0.879. The van der Waals surface area contributed by atoms with Gasteiger partial charge < -0.3 is 0 Å². The highest BCUT2D eigenvalue weighted by atomic mass is 35.5. The standard InChI is InChI=1S/C19H18Cl2/c1-11-8-15(9-14-5-7-17(20)19(11)14)13-4-6-16(12-2-3-12)18(21)10-13/h4,6,8-10,12,17H,2-3,5,7H2,1H3. The smallest absolute Gasteiger partial charge is 0.0593 e. The van der Waals surface area contributed by atoms with Gasteiger partial charge in [0.1, 0.15) is 0 Å². The Hall–Kier alpha value is -0.980. The van der Waals surface area contributed by atoms with Gasteiger partial charge in [-0.05, 0) is 78.0 Å². The van der Waals surface area contributed by atoms with Crippen LogP contribution < -0.4 is 0 Å². The summed E-state index contributed by atoms with van der Waals surface area (Å²) in [6.07, 6.45) is 4.72. The molecule has 0 aromatic heterocycles. The zero-order chi connectivity index (χ0) is 14.6. The van der Waals surface area contributed by atoms with E-state index in [1.807, 2.05) is 0 Å². The minimum atomic E-state index is 0.190. The number of halogens is 2. The Morgan fingerprint density at radius 1 is 1.00 bits per heavy atom. The van der Waals surface area contributed by atoms with Gasteiger partial charge in [-0.25, -0.2) is 0 Å². The molecule has 21 heavy (non-hydrogen) atoms. The van der Waals surface area contributed by atoms with E-state index in [0.29, 0.717) is 5.92 Å². The average molecular weight is 317 g/mol. The lowest BCUT2D eigenvalue weighted by Gasteiger charge is -2.12. The van der Waals surface area contributed by atoms with Gasteiger partial charge in [-0.3, -0.25) is 0 Å². The lowest BCUT2D eigenvalue weighted by atomic mass is 9.95. The number of aryl methyl sites for hydroxylation is 2. The van der Waals surface area contributed by atoms with E-state index in [1.54, 1.807) is 0 Å². The van der Waals surface area contributed by atoms with E-state index in [-0.39, 0.29) is 5.38 Å². The average Bonchev–Trinajstić information content (AvgIpc) is 3.22. The second kappa shape index (κ2) is 5.04. The molecule has 1 fully saturated rings. The fourth-order valence-electron chi connectivity index (χ4n) is 3.55. The molecule has 2 aromatic rings. The van der Waals surface area contributed by atoms with Gasteiger partial charge >= 0.3 is 0 Å². The normalized spacial score (nSPS) is 20.6. The fourth-order valence-corrected chi connectivity index (χ4v) is 4.31. The van der Waals surface area contributed by atoms with Gasteiger partial charge in [-0.2, -0.15) is 0 Å². The molecule has 0 radical (unpaired) electrons. The number of benzene rings is 2. The molecular formula is C19H18Cl2. The summed E-state index contributed by atoms with van der Waals surface area (Å²) in [7, 11) is 0. The van der Waals surface area contributed by atoms with Crippen molar-refractivity contribution in [2.45, 2.75) is 43.9 Å². The van der Waals surface area contributed by atoms with Gasteiger partial charge in [0.2, 0.25) is 0 Å². The van der Waals surface area contributed by atoms with Gasteiger partial charge in [0, 0.05) is 5.02 Å². The Labute approximate surface area is 136 Å². The van der Waals surface area contributed by atoms with Crippen LogP contribution in [-0.4, -0.2) is 0 Å². The van der Waals surface area contributed by atoms with Crippen LogP contribution in [0.15, 0.2) is 30.3 Å². The van der Waals surface area contributed by atoms with Crippen molar-refractivity contribution in [2.24, 2.45) is 0 Å². The molecule has 1 unspecified atom stereocenters. The first kappa shape index (κ1) is 13.7. The van der Waals surface area contributed by atoms with Gasteiger partial charge in [-0.15, -0.1) is 11.6 Å². The highest BCUT2D eigenvalue weighted by Crippen LogP contribution is 2.45. The van der Waals surface area contributed by atoms with Crippen LogP contribution in [0, 0.1) is 6.92 Å². The summed E-state index contributed by atoms with van der Waals surface area (Å²) in [5, 5.41) is 1.11. The van der Waals surface area contributed by atoms with Crippen LogP contribution in [0.4, 0.5) is 0 Å². The van der Waals surface area contributed by atoms with Gasteiger partial charge in [0.05, 0.1) is 5.38 Å². The number of hydrogen-bond acceptors (Lipinski definition) is 0. The first-order valence-electron chi connectivity index (χ1n) is 7.71. The molecule has 0 heterocycles. The van der Waals surface area contributed by atoms with Gasteiger partial charge in [-0.1, -0.05) is 35.9 Å². The first-order valence-corrected chi connectivity index (χ1v) is 8.52. The second-order valence-electron chi connectivity index (χ2n) is 6.38. The molecule has 0 N–H and O–H groups in total. The van der Waals surface area contributed by atoms with Crippen molar-refractivity contribution in [1.29, 1.82) is 0 Å². The molecule has 0 nitrogen and oxygen atoms in total. The van der Waals surface area contributed by atoms with Gasteiger partial charge in [0.25, 0.3) is 0 Å². The Bertz CT molecular complexity index is 714. The van der Waals surface area contributed by atoms with E-state index in [1.165, 1.54) is 46.2 Å².